The zero-order valence-electron chi connectivity index (χ0n) is 22.5. The third-order valence-corrected chi connectivity index (χ3v) is 6.59. The zero-order chi connectivity index (χ0) is 30.0. The molecule has 0 aliphatic carbocycles. The number of aromatic amines is 1. The van der Waals surface area contributed by atoms with Crippen molar-refractivity contribution in [3.63, 3.8) is 0 Å². The topological polar surface area (TPSA) is 174 Å². The highest BCUT2D eigenvalue weighted by Crippen LogP contribution is 2.23. The standard InChI is InChI=1S/C26H31F3N8O3S/c1-15-20(16(2)35-34-15)14-23(39)33-25-37-36-24(41-25)9-4-3-7-18(30)10-11-21(31)32-22(38)13-17-6-5-8-19(12-17)40-26(27,28)29/h5-6,8,10-12H,3-4,7,9,13-14,30-31H2,1-2H3,(H,32,38)(H,34,35)(H,33,37,39)/b18-10-,21-11+. The average Bonchev–Trinajstić information content (AvgIpc) is 3.45. The molecule has 0 radical (unpaired) electrons. The van der Waals surface area contributed by atoms with Gasteiger partial charge >= 0.3 is 6.36 Å². The van der Waals surface area contributed by atoms with E-state index in [2.05, 4.69) is 35.8 Å². The van der Waals surface area contributed by atoms with Gasteiger partial charge in [0.15, 0.2) is 0 Å². The van der Waals surface area contributed by atoms with E-state index in [0.717, 1.165) is 46.9 Å². The first-order valence-corrected chi connectivity index (χ1v) is 13.4. The van der Waals surface area contributed by atoms with Gasteiger partial charge in [0.2, 0.25) is 16.9 Å². The fraction of sp³-hybridized carbons (Fsp3) is 0.346. The summed E-state index contributed by atoms with van der Waals surface area (Å²) >= 11 is 1.32. The third-order valence-electron chi connectivity index (χ3n) is 5.69. The molecule has 15 heteroatoms. The molecule has 7 N–H and O–H groups in total. The fourth-order valence-electron chi connectivity index (χ4n) is 3.73. The van der Waals surface area contributed by atoms with Gasteiger partial charge in [0, 0.05) is 23.4 Å². The second-order valence-electron chi connectivity index (χ2n) is 9.13. The Labute approximate surface area is 238 Å². The lowest BCUT2D eigenvalue weighted by molar-refractivity contribution is -0.274. The monoisotopic (exact) mass is 592 g/mol. The molecule has 0 bridgehead atoms. The van der Waals surface area contributed by atoms with E-state index >= 15 is 0 Å². The SMILES string of the molecule is Cc1n[nH]c(C)c1CC(=O)Nc1nnc(CCCC/C(N)=C/C=C(\N)NC(=O)Cc2cccc(OC(F)(F)F)c2)s1. The molecule has 0 aliphatic heterocycles. The zero-order valence-corrected chi connectivity index (χ0v) is 23.3. The molecule has 3 rings (SSSR count). The first kappa shape index (κ1) is 31.1. The van der Waals surface area contributed by atoms with Gasteiger partial charge in [-0.3, -0.25) is 14.7 Å². The highest BCUT2D eigenvalue weighted by atomic mass is 32.1. The number of alkyl halides is 3. The number of nitrogens with zero attached hydrogens (tertiary/aromatic N) is 3. The molecule has 2 heterocycles. The Morgan fingerprint density at radius 3 is 2.59 bits per heavy atom. The predicted octanol–water partition coefficient (Wildman–Crippen LogP) is 3.67. The van der Waals surface area contributed by atoms with E-state index in [1.54, 1.807) is 6.08 Å². The minimum atomic E-state index is -4.82. The number of benzene rings is 1. The smallest absolute Gasteiger partial charge is 0.406 e. The summed E-state index contributed by atoms with van der Waals surface area (Å²) in [5.74, 6) is -1.06. The van der Waals surface area contributed by atoms with Crippen LogP contribution < -0.4 is 26.8 Å². The van der Waals surface area contributed by atoms with Gasteiger partial charge in [-0.25, -0.2) is 0 Å². The number of nitrogens with one attached hydrogen (secondary N) is 3. The van der Waals surface area contributed by atoms with Crippen molar-refractivity contribution in [1.29, 1.82) is 0 Å². The number of aryl methyl sites for hydroxylation is 3. The summed E-state index contributed by atoms with van der Waals surface area (Å²) in [6.45, 7) is 3.71. The van der Waals surface area contributed by atoms with Crippen LogP contribution in [-0.4, -0.2) is 38.6 Å². The van der Waals surface area contributed by atoms with Gasteiger partial charge in [-0.05, 0) is 63.0 Å². The maximum absolute atomic E-state index is 12.4. The molecular formula is C26H31F3N8O3S. The number of unbranched alkanes of at least 4 members (excludes halogenated alkanes) is 1. The largest absolute Gasteiger partial charge is 0.573 e. The quantitative estimate of drug-likeness (QED) is 0.148. The summed E-state index contributed by atoms with van der Waals surface area (Å²) < 4.78 is 41.0. The van der Waals surface area contributed by atoms with Crippen LogP contribution in [-0.2, 0) is 28.9 Å². The van der Waals surface area contributed by atoms with E-state index in [-0.39, 0.29) is 24.6 Å². The molecule has 2 aromatic heterocycles. The Balaban J connectivity index is 1.37. The summed E-state index contributed by atoms with van der Waals surface area (Å²) in [6.07, 6.45) is 1.02. The first-order valence-electron chi connectivity index (χ1n) is 12.6. The van der Waals surface area contributed by atoms with E-state index in [1.807, 2.05) is 13.8 Å². The molecule has 0 unspecified atom stereocenters. The lowest BCUT2D eigenvalue weighted by Crippen LogP contribution is -2.28. The van der Waals surface area contributed by atoms with Crippen LogP contribution in [0.1, 0.15) is 46.8 Å². The number of hydrogen-bond acceptors (Lipinski definition) is 9. The van der Waals surface area contributed by atoms with Crippen molar-refractivity contribution in [2.24, 2.45) is 11.5 Å². The van der Waals surface area contributed by atoms with Crippen molar-refractivity contribution < 1.29 is 27.5 Å². The molecule has 0 saturated heterocycles. The summed E-state index contributed by atoms with van der Waals surface area (Å²) in [6, 6.07) is 5.14. The Hall–Kier alpha value is -4.40. The summed E-state index contributed by atoms with van der Waals surface area (Å²) in [5, 5.41) is 21.6. The van der Waals surface area contributed by atoms with Crippen LogP contribution in [0.4, 0.5) is 18.3 Å². The molecule has 0 atom stereocenters. The highest BCUT2D eigenvalue weighted by Gasteiger charge is 2.31. The molecule has 0 fully saturated rings. The van der Waals surface area contributed by atoms with Crippen molar-refractivity contribution in [2.45, 2.75) is 58.7 Å². The molecule has 11 nitrogen and oxygen atoms in total. The van der Waals surface area contributed by atoms with Crippen LogP contribution >= 0.6 is 11.3 Å². The summed E-state index contributed by atoms with van der Waals surface area (Å²) in [7, 11) is 0. The van der Waals surface area contributed by atoms with Crippen LogP contribution in [0.25, 0.3) is 0 Å². The molecular weight excluding hydrogens is 561 g/mol. The first-order chi connectivity index (χ1) is 19.4. The van der Waals surface area contributed by atoms with Crippen molar-refractivity contribution in [3.8, 4) is 5.75 Å². The fourth-order valence-corrected chi connectivity index (χ4v) is 4.53. The summed E-state index contributed by atoms with van der Waals surface area (Å²) in [4.78, 5) is 24.5. The van der Waals surface area contributed by atoms with Gasteiger partial charge in [-0.1, -0.05) is 23.5 Å². The van der Waals surface area contributed by atoms with E-state index < -0.39 is 18.0 Å². The van der Waals surface area contributed by atoms with Gasteiger partial charge in [-0.2, -0.15) is 5.10 Å². The number of allylic oxidation sites excluding steroid dienone is 3. The molecule has 1 aromatic carbocycles. The minimum Gasteiger partial charge on any atom is -0.406 e. The van der Waals surface area contributed by atoms with Crippen LogP contribution in [0.3, 0.4) is 0 Å². The number of carbonyl (C=O) groups excluding carboxylic acids is 2. The highest BCUT2D eigenvalue weighted by molar-refractivity contribution is 7.15. The van der Waals surface area contributed by atoms with E-state index in [0.29, 0.717) is 29.2 Å². The van der Waals surface area contributed by atoms with Crippen LogP contribution in [0.15, 0.2) is 47.9 Å². The molecule has 220 valence electrons. The second-order valence-corrected chi connectivity index (χ2v) is 10.2. The van der Waals surface area contributed by atoms with Crippen LogP contribution in [0.2, 0.25) is 0 Å². The van der Waals surface area contributed by atoms with Gasteiger partial charge in [0.1, 0.15) is 16.6 Å². The molecule has 3 aromatic rings. The Morgan fingerprint density at radius 1 is 1.10 bits per heavy atom. The van der Waals surface area contributed by atoms with E-state index in [1.165, 1.54) is 29.5 Å². The number of nitrogens with two attached hydrogens (primary N) is 2. The van der Waals surface area contributed by atoms with Gasteiger partial charge in [-0.15, -0.1) is 23.4 Å². The number of carbonyl (C=O) groups is 2. The Morgan fingerprint density at radius 2 is 1.88 bits per heavy atom. The average molecular weight is 593 g/mol. The number of aromatic nitrogens is 4. The Bertz CT molecular complexity index is 1400. The predicted molar refractivity (Wildman–Crippen MR) is 147 cm³/mol. The van der Waals surface area contributed by atoms with Crippen molar-refractivity contribution in [2.75, 3.05) is 5.32 Å². The minimum absolute atomic E-state index is 0.0437. The lowest BCUT2D eigenvalue weighted by Gasteiger charge is -2.10. The van der Waals surface area contributed by atoms with Crippen molar-refractivity contribution in [3.05, 3.63) is 75.5 Å². The number of hydrogen-bond donors (Lipinski definition) is 5. The van der Waals surface area contributed by atoms with Gasteiger partial charge < -0.3 is 26.8 Å². The van der Waals surface area contributed by atoms with Crippen molar-refractivity contribution in [1.82, 2.24) is 25.7 Å². The van der Waals surface area contributed by atoms with Crippen LogP contribution in [0, 0.1) is 13.8 Å². The molecule has 0 spiro atoms. The third kappa shape index (κ3) is 10.9. The van der Waals surface area contributed by atoms with Gasteiger partial charge in [0.25, 0.3) is 0 Å². The van der Waals surface area contributed by atoms with E-state index in [4.69, 9.17) is 11.5 Å². The van der Waals surface area contributed by atoms with Crippen LogP contribution in [0.5, 0.6) is 5.75 Å². The summed E-state index contributed by atoms with van der Waals surface area (Å²) in [5.41, 5.74) is 15.2. The lowest BCUT2D eigenvalue weighted by atomic mass is 10.1. The Kier molecular flexibility index (Phi) is 10.9. The van der Waals surface area contributed by atoms with E-state index in [9.17, 15) is 22.8 Å². The number of amides is 2. The molecule has 2 amide bonds. The number of H-pyrrole nitrogens is 1. The number of rotatable bonds is 13. The number of ether oxygens (including phenoxy) is 1. The maximum Gasteiger partial charge on any atom is 0.573 e. The molecule has 41 heavy (non-hydrogen) atoms. The second kappa shape index (κ2) is 14.3. The molecule has 0 saturated carbocycles. The van der Waals surface area contributed by atoms with Gasteiger partial charge in [0.05, 0.1) is 18.5 Å². The number of halogens is 3. The molecule has 0 aliphatic rings. The number of anilines is 1. The normalized spacial score (nSPS) is 12.3. The maximum atomic E-state index is 12.4. The van der Waals surface area contributed by atoms with Crippen molar-refractivity contribution >= 4 is 28.3 Å².